The summed E-state index contributed by atoms with van der Waals surface area (Å²) in [6, 6.07) is 12.7. The number of benzene rings is 2. The van der Waals surface area contributed by atoms with E-state index in [2.05, 4.69) is 4.90 Å². The van der Waals surface area contributed by atoms with Crippen LogP contribution >= 0.6 is 0 Å². The topological polar surface area (TPSA) is 59.1 Å². The quantitative estimate of drug-likeness (QED) is 0.786. The third-order valence-corrected chi connectivity index (χ3v) is 6.89. The summed E-state index contributed by atoms with van der Waals surface area (Å²) in [6.45, 7) is 3.41. The molecule has 6 nitrogen and oxygen atoms in total. The number of nitrogens with zero attached hydrogens (tertiary/aromatic N) is 2. The number of aryl methyl sites for hydroxylation is 1. The number of methoxy groups -OCH3 is 2. The summed E-state index contributed by atoms with van der Waals surface area (Å²) in [5, 5.41) is 0. The van der Waals surface area contributed by atoms with Gasteiger partial charge < -0.3 is 9.47 Å². The van der Waals surface area contributed by atoms with Crippen molar-refractivity contribution < 1.29 is 17.9 Å². The van der Waals surface area contributed by atoms with E-state index in [1.807, 2.05) is 38.2 Å². The molecular formula is C20H26N2O4S. The molecule has 146 valence electrons. The van der Waals surface area contributed by atoms with Crippen molar-refractivity contribution in [2.45, 2.75) is 17.9 Å². The highest BCUT2D eigenvalue weighted by Gasteiger charge is 2.33. The van der Waals surface area contributed by atoms with E-state index in [-0.39, 0.29) is 6.04 Å². The molecule has 0 amide bonds. The Morgan fingerprint density at radius 1 is 1.00 bits per heavy atom. The first-order valence-corrected chi connectivity index (χ1v) is 10.3. The number of hydrogen-bond donors (Lipinski definition) is 0. The monoisotopic (exact) mass is 390 g/mol. The molecule has 2 aromatic rings. The normalized spacial score (nSPS) is 19.0. The molecule has 0 spiro atoms. The third kappa shape index (κ3) is 3.95. The summed E-state index contributed by atoms with van der Waals surface area (Å²) in [6.07, 6.45) is 0. The molecule has 27 heavy (non-hydrogen) atoms. The van der Waals surface area contributed by atoms with Gasteiger partial charge in [0.15, 0.2) is 11.5 Å². The molecule has 7 heteroatoms. The summed E-state index contributed by atoms with van der Waals surface area (Å²) >= 11 is 0. The second-order valence-corrected chi connectivity index (χ2v) is 8.73. The van der Waals surface area contributed by atoms with Crippen molar-refractivity contribution in [3.8, 4) is 11.5 Å². The van der Waals surface area contributed by atoms with Gasteiger partial charge in [0.1, 0.15) is 0 Å². The summed E-state index contributed by atoms with van der Waals surface area (Å²) in [5.74, 6) is 1.30. The minimum absolute atomic E-state index is 0.0573. The highest BCUT2D eigenvalue weighted by molar-refractivity contribution is 7.89. The first kappa shape index (κ1) is 19.7. The Morgan fingerprint density at radius 3 is 2.41 bits per heavy atom. The molecule has 1 aliphatic rings. The van der Waals surface area contributed by atoms with Gasteiger partial charge in [-0.15, -0.1) is 0 Å². The molecule has 1 heterocycles. The van der Waals surface area contributed by atoms with Gasteiger partial charge in [-0.2, -0.15) is 4.31 Å². The molecule has 1 saturated heterocycles. The Morgan fingerprint density at radius 2 is 1.74 bits per heavy atom. The zero-order valence-electron chi connectivity index (χ0n) is 16.2. The van der Waals surface area contributed by atoms with Gasteiger partial charge in [0, 0.05) is 25.7 Å². The Labute approximate surface area is 161 Å². The van der Waals surface area contributed by atoms with Crippen molar-refractivity contribution in [3.63, 3.8) is 0 Å². The van der Waals surface area contributed by atoms with Crippen LogP contribution in [-0.2, 0) is 10.0 Å². The zero-order valence-corrected chi connectivity index (χ0v) is 17.0. The van der Waals surface area contributed by atoms with E-state index in [0.717, 1.165) is 11.1 Å². The van der Waals surface area contributed by atoms with Gasteiger partial charge in [-0.05, 0) is 49.4 Å². The molecule has 2 aromatic carbocycles. The smallest absolute Gasteiger partial charge is 0.243 e. The lowest BCUT2D eigenvalue weighted by molar-refractivity contribution is 0.148. The molecule has 1 fully saturated rings. The summed E-state index contributed by atoms with van der Waals surface area (Å²) in [5.41, 5.74) is 1.93. The highest BCUT2D eigenvalue weighted by Crippen LogP contribution is 2.34. The lowest BCUT2D eigenvalue weighted by Gasteiger charge is -2.39. The minimum Gasteiger partial charge on any atom is -0.493 e. The average Bonchev–Trinajstić information content (AvgIpc) is 2.67. The van der Waals surface area contributed by atoms with Gasteiger partial charge >= 0.3 is 0 Å². The standard InChI is InChI=1S/C20H26N2O4S/c1-15-6-5-7-17(12-15)27(23,24)22-11-10-21(2)18(14-22)16-8-9-19(25-3)20(13-16)26-4/h5-9,12-13,18H,10-11,14H2,1-4H3. The maximum atomic E-state index is 13.1. The predicted molar refractivity (Wildman–Crippen MR) is 105 cm³/mol. The number of piperazine rings is 1. The Hall–Kier alpha value is -2.09. The second-order valence-electron chi connectivity index (χ2n) is 6.79. The molecule has 0 aliphatic carbocycles. The van der Waals surface area contributed by atoms with Crippen LogP contribution in [0.3, 0.4) is 0 Å². The van der Waals surface area contributed by atoms with E-state index in [1.54, 1.807) is 36.7 Å². The van der Waals surface area contributed by atoms with Crippen LogP contribution in [-0.4, -0.2) is 58.5 Å². The van der Waals surface area contributed by atoms with Crippen LogP contribution in [0.15, 0.2) is 47.4 Å². The van der Waals surface area contributed by atoms with Gasteiger partial charge in [-0.3, -0.25) is 4.90 Å². The summed E-state index contributed by atoms with van der Waals surface area (Å²) in [4.78, 5) is 2.52. The Kier molecular flexibility index (Phi) is 5.74. The molecule has 0 aromatic heterocycles. The number of ether oxygens (including phenoxy) is 2. The number of likely N-dealkylation sites (N-methyl/N-ethyl adjacent to an activating group) is 1. The molecule has 0 saturated carbocycles. The second kappa shape index (κ2) is 7.88. The molecule has 0 N–H and O–H groups in total. The van der Waals surface area contributed by atoms with Crippen LogP contribution in [0.1, 0.15) is 17.2 Å². The summed E-state index contributed by atoms with van der Waals surface area (Å²) < 4.78 is 38.5. The first-order chi connectivity index (χ1) is 12.9. The van der Waals surface area contributed by atoms with E-state index in [4.69, 9.17) is 9.47 Å². The van der Waals surface area contributed by atoms with Crippen molar-refractivity contribution in [1.29, 1.82) is 0 Å². The average molecular weight is 391 g/mol. The number of rotatable bonds is 5. The largest absolute Gasteiger partial charge is 0.493 e. The maximum absolute atomic E-state index is 13.1. The first-order valence-electron chi connectivity index (χ1n) is 8.86. The van der Waals surface area contributed by atoms with E-state index in [0.29, 0.717) is 36.0 Å². The molecule has 1 aliphatic heterocycles. The summed E-state index contributed by atoms with van der Waals surface area (Å²) in [7, 11) is 1.68. The number of sulfonamides is 1. The van der Waals surface area contributed by atoms with E-state index in [1.165, 1.54) is 0 Å². The zero-order chi connectivity index (χ0) is 19.6. The molecule has 1 unspecified atom stereocenters. The third-order valence-electron chi connectivity index (χ3n) is 5.03. The maximum Gasteiger partial charge on any atom is 0.243 e. The Balaban J connectivity index is 1.90. The fourth-order valence-corrected chi connectivity index (χ4v) is 4.95. The van der Waals surface area contributed by atoms with Gasteiger partial charge in [0.25, 0.3) is 0 Å². The van der Waals surface area contributed by atoms with Gasteiger partial charge in [0.2, 0.25) is 10.0 Å². The molecule has 0 bridgehead atoms. The lowest BCUT2D eigenvalue weighted by atomic mass is 10.0. The van der Waals surface area contributed by atoms with Gasteiger partial charge in [-0.1, -0.05) is 18.2 Å². The van der Waals surface area contributed by atoms with Crippen LogP contribution in [0.4, 0.5) is 0 Å². The molecule has 0 radical (unpaired) electrons. The highest BCUT2D eigenvalue weighted by atomic mass is 32.2. The molecule has 3 rings (SSSR count). The van der Waals surface area contributed by atoms with Crippen molar-refractivity contribution in [3.05, 3.63) is 53.6 Å². The van der Waals surface area contributed by atoms with Gasteiger partial charge in [-0.25, -0.2) is 8.42 Å². The van der Waals surface area contributed by atoms with Crippen molar-refractivity contribution in [2.75, 3.05) is 40.9 Å². The minimum atomic E-state index is -3.53. The van der Waals surface area contributed by atoms with Crippen LogP contribution in [0.25, 0.3) is 0 Å². The van der Waals surface area contributed by atoms with Gasteiger partial charge in [0.05, 0.1) is 19.1 Å². The van der Waals surface area contributed by atoms with E-state index >= 15 is 0 Å². The van der Waals surface area contributed by atoms with Crippen molar-refractivity contribution in [1.82, 2.24) is 9.21 Å². The van der Waals surface area contributed by atoms with E-state index in [9.17, 15) is 8.42 Å². The van der Waals surface area contributed by atoms with Crippen LogP contribution in [0, 0.1) is 6.92 Å². The SMILES string of the molecule is COc1ccc(C2CN(S(=O)(=O)c3cccc(C)c3)CCN2C)cc1OC. The number of hydrogen-bond acceptors (Lipinski definition) is 5. The fraction of sp³-hybridized carbons (Fsp3) is 0.400. The Bertz CT molecular complexity index is 914. The fourth-order valence-electron chi connectivity index (χ4n) is 3.41. The molecular weight excluding hydrogens is 364 g/mol. The lowest BCUT2D eigenvalue weighted by Crippen LogP contribution is -2.48. The molecule has 1 atom stereocenters. The van der Waals surface area contributed by atoms with Crippen LogP contribution < -0.4 is 9.47 Å². The van der Waals surface area contributed by atoms with Crippen molar-refractivity contribution in [2.24, 2.45) is 0 Å². The van der Waals surface area contributed by atoms with Crippen LogP contribution in [0.5, 0.6) is 11.5 Å². The predicted octanol–water partition coefficient (Wildman–Crippen LogP) is 2.69. The van der Waals surface area contributed by atoms with Crippen molar-refractivity contribution >= 4 is 10.0 Å². The van der Waals surface area contributed by atoms with E-state index < -0.39 is 10.0 Å². The van der Waals surface area contributed by atoms with Crippen LogP contribution in [0.2, 0.25) is 0 Å².